The van der Waals surface area contributed by atoms with Gasteiger partial charge in [-0.3, -0.25) is 0 Å². The Labute approximate surface area is 82.7 Å². The summed E-state index contributed by atoms with van der Waals surface area (Å²) in [4.78, 5) is 0. The zero-order valence-corrected chi connectivity index (χ0v) is 7.96. The van der Waals surface area contributed by atoms with E-state index in [1.807, 2.05) is 24.3 Å². The Balaban J connectivity index is 2.11. The molecule has 1 atom stereocenters. The first-order chi connectivity index (χ1) is 6.29. The summed E-state index contributed by atoms with van der Waals surface area (Å²) in [6.45, 7) is 0.277. The van der Waals surface area contributed by atoms with Gasteiger partial charge in [-0.2, -0.15) is 0 Å². The molecule has 1 aromatic carbocycles. The summed E-state index contributed by atoms with van der Waals surface area (Å²) in [5.41, 5.74) is 2.50. The lowest BCUT2D eigenvalue weighted by Gasteiger charge is -1.92. The van der Waals surface area contributed by atoms with Crippen molar-refractivity contribution in [1.29, 1.82) is 0 Å². The predicted molar refractivity (Wildman–Crippen MR) is 54.6 cm³/mol. The Morgan fingerprint density at radius 3 is 2.62 bits per heavy atom. The van der Waals surface area contributed by atoms with E-state index in [0.29, 0.717) is 5.92 Å². The summed E-state index contributed by atoms with van der Waals surface area (Å²) in [5.74, 6) is 0.413. The average Bonchev–Trinajstić information content (AvgIpc) is 2.88. The van der Waals surface area contributed by atoms with E-state index in [1.165, 1.54) is 5.57 Å². The zero-order chi connectivity index (χ0) is 9.26. The average molecular weight is 195 g/mol. The monoisotopic (exact) mass is 194 g/mol. The van der Waals surface area contributed by atoms with Crippen molar-refractivity contribution < 1.29 is 5.11 Å². The maximum atomic E-state index is 8.84. The zero-order valence-electron chi connectivity index (χ0n) is 7.20. The van der Waals surface area contributed by atoms with Crippen LogP contribution in [-0.2, 0) is 0 Å². The highest BCUT2D eigenvalue weighted by Crippen LogP contribution is 2.38. The van der Waals surface area contributed by atoms with Gasteiger partial charge in [-0.25, -0.2) is 0 Å². The molecule has 1 aliphatic carbocycles. The summed E-state index contributed by atoms with van der Waals surface area (Å²) >= 11 is 5.76. The fourth-order valence-corrected chi connectivity index (χ4v) is 1.48. The van der Waals surface area contributed by atoms with Crippen LogP contribution in [0.3, 0.4) is 0 Å². The summed E-state index contributed by atoms with van der Waals surface area (Å²) in [7, 11) is 0. The van der Waals surface area contributed by atoms with Crippen LogP contribution < -0.4 is 0 Å². The lowest BCUT2D eigenvalue weighted by atomic mass is 10.2. The molecule has 0 aliphatic heterocycles. The Morgan fingerprint density at radius 1 is 1.38 bits per heavy atom. The molecule has 1 fully saturated rings. The van der Waals surface area contributed by atoms with Gasteiger partial charge in [0, 0.05) is 17.5 Å². The number of benzene rings is 1. The van der Waals surface area contributed by atoms with Crippen LogP contribution in [0.1, 0.15) is 12.0 Å². The quantitative estimate of drug-likeness (QED) is 0.768. The molecule has 0 saturated heterocycles. The largest absolute Gasteiger partial charge is 0.396 e. The van der Waals surface area contributed by atoms with Gasteiger partial charge in [-0.1, -0.05) is 35.4 Å². The second-order valence-electron chi connectivity index (χ2n) is 3.35. The van der Waals surface area contributed by atoms with Gasteiger partial charge in [0.2, 0.25) is 0 Å². The number of hydrogen-bond donors (Lipinski definition) is 1. The van der Waals surface area contributed by atoms with E-state index in [1.54, 1.807) is 0 Å². The van der Waals surface area contributed by atoms with Gasteiger partial charge in [-0.15, -0.1) is 0 Å². The number of aliphatic hydroxyl groups excluding tert-OH is 1. The molecule has 0 spiro atoms. The first-order valence-electron chi connectivity index (χ1n) is 4.36. The number of halogens is 1. The van der Waals surface area contributed by atoms with E-state index in [-0.39, 0.29) is 6.61 Å². The third-order valence-electron chi connectivity index (χ3n) is 2.29. The molecular formula is C11H11ClO. The van der Waals surface area contributed by atoms with Crippen LogP contribution in [0.4, 0.5) is 0 Å². The van der Waals surface area contributed by atoms with Gasteiger partial charge in [0.15, 0.2) is 0 Å². The van der Waals surface area contributed by atoms with E-state index in [0.717, 1.165) is 17.0 Å². The molecule has 1 saturated carbocycles. The van der Waals surface area contributed by atoms with Gasteiger partial charge in [-0.05, 0) is 24.1 Å². The lowest BCUT2D eigenvalue weighted by Crippen LogP contribution is -1.81. The number of aliphatic hydroxyl groups is 1. The van der Waals surface area contributed by atoms with Crippen LogP contribution >= 0.6 is 11.6 Å². The van der Waals surface area contributed by atoms with E-state index in [2.05, 4.69) is 6.08 Å². The molecule has 2 heteroatoms. The summed E-state index contributed by atoms with van der Waals surface area (Å²) in [6.07, 6.45) is 3.16. The molecule has 1 nitrogen and oxygen atoms in total. The minimum Gasteiger partial charge on any atom is -0.396 e. The Bertz CT molecular complexity index is 326. The van der Waals surface area contributed by atoms with Crippen molar-refractivity contribution in [3.63, 3.8) is 0 Å². The van der Waals surface area contributed by atoms with Crippen LogP contribution in [-0.4, -0.2) is 11.7 Å². The van der Waals surface area contributed by atoms with Crippen LogP contribution in [0.2, 0.25) is 5.02 Å². The number of hydrogen-bond acceptors (Lipinski definition) is 1. The van der Waals surface area contributed by atoms with E-state index < -0.39 is 0 Å². The van der Waals surface area contributed by atoms with Crippen LogP contribution in [0.25, 0.3) is 6.08 Å². The lowest BCUT2D eigenvalue weighted by molar-refractivity contribution is 0.281. The minimum atomic E-state index is 0.277. The molecule has 1 unspecified atom stereocenters. The van der Waals surface area contributed by atoms with Gasteiger partial charge in [0.25, 0.3) is 0 Å². The van der Waals surface area contributed by atoms with Crippen LogP contribution in [0, 0.1) is 5.92 Å². The third kappa shape index (κ3) is 2.11. The van der Waals surface area contributed by atoms with Crippen molar-refractivity contribution in [3.8, 4) is 0 Å². The Hall–Kier alpha value is -0.790. The maximum Gasteiger partial charge on any atom is 0.0499 e. The van der Waals surface area contributed by atoms with Gasteiger partial charge in [0.05, 0.1) is 0 Å². The highest BCUT2D eigenvalue weighted by Gasteiger charge is 2.27. The number of rotatable bonds is 2. The van der Waals surface area contributed by atoms with E-state index in [9.17, 15) is 0 Å². The van der Waals surface area contributed by atoms with Crippen LogP contribution in [0.5, 0.6) is 0 Å². The highest BCUT2D eigenvalue weighted by molar-refractivity contribution is 6.30. The second kappa shape index (κ2) is 3.52. The third-order valence-corrected chi connectivity index (χ3v) is 2.54. The van der Waals surface area contributed by atoms with Gasteiger partial charge in [0.1, 0.15) is 0 Å². The SMILES string of the molecule is OCC1CC1=Cc1ccc(Cl)cc1. The first-order valence-corrected chi connectivity index (χ1v) is 4.74. The van der Waals surface area contributed by atoms with Crippen LogP contribution in [0.15, 0.2) is 29.8 Å². The Morgan fingerprint density at radius 2 is 2.08 bits per heavy atom. The molecule has 0 radical (unpaired) electrons. The van der Waals surface area contributed by atoms with E-state index in [4.69, 9.17) is 16.7 Å². The van der Waals surface area contributed by atoms with Gasteiger partial charge < -0.3 is 5.11 Å². The summed E-state index contributed by atoms with van der Waals surface area (Å²) in [6, 6.07) is 7.73. The van der Waals surface area contributed by atoms with Crippen molar-refractivity contribution in [3.05, 3.63) is 40.4 Å². The first kappa shape index (κ1) is 8.79. The van der Waals surface area contributed by atoms with Crippen molar-refractivity contribution in [2.75, 3.05) is 6.61 Å². The Kier molecular flexibility index (Phi) is 2.38. The molecule has 1 N–H and O–H groups in total. The molecular weight excluding hydrogens is 184 g/mol. The standard InChI is InChI=1S/C11H11ClO/c12-11-3-1-8(2-4-11)5-9-6-10(9)7-13/h1-5,10,13H,6-7H2. The smallest absolute Gasteiger partial charge is 0.0499 e. The minimum absolute atomic E-state index is 0.277. The van der Waals surface area contributed by atoms with E-state index >= 15 is 0 Å². The van der Waals surface area contributed by atoms with Gasteiger partial charge >= 0.3 is 0 Å². The molecule has 0 aromatic heterocycles. The molecule has 0 heterocycles. The fourth-order valence-electron chi connectivity index (χ4n) is 1.36. The normalized spacial score (nSPS) is 23.5. The summed E-state index contributed by atoms with van der Waals surface area (Å²) in [5, 5.41) is 9.60. The van der Waals surface area contributed by atoms with Crippen molar-refractivity contribution in [2.24, 2.45) is 5.92 Å². The second-order valence-corrected chi connectivity index (χ2v) is 3.79. The molecule has 2 rings (SSSR count). The molecule has 1 aromatic rings. The molecule has 0 amide bonds. The molecule has 68 valence electrons. The molecule has 0 bridgehead atoms. The van der Waals surface area contributed by atoms with Crippen molar-refractivity contribution >= 4 is 17.7 Å². The predicted octanol–water partition coefficient (Wildman–Crippen LogP) is 2.74. The van der Waals surface area contributed by atoms with Crippen molar-refractivity contribution in [2.45, 2.75) is 6.42 Å². The fraction of sp³-hybridized carbons (Fsp3) is 0.273. The maximum absolute atomic E-state index is 8.84. The molecule has 1 aliphatic rings. The highest BCUT2D eigenvalue weighted by atomic mass is 35.5. The molecule has 13 heavy (non-hydrogen) atoms. The topological polar surface area (TPSA) is 20.2 Å². The van der Waals surface area contributed by atoms with Crippen molar-refractivity contribution in [1.82, 2.24) is 0 Å². The summed E-state index contributed by atoms with van der Waals surface area (Å²) < 4.78 is 0.